The maximum atomic E-state index is 9.89. The molecule has 0 spiro atoms. The lowest BCUT2D eigenvalue weighted by atomic mass is 9.94. The molecule has 6 heteroatoms. The summed E-state index contributed by atoms with van der Waals surface area (Å²) in [7, 11) is 0. The molecule has 3 heterocycles. The molecule has 54 heavy (non-hydrogen) atoms. The van der Waals surface area contributed by atoms with Gasteiger partial charge in [-0.3, -0.25) is 0 Å². The predicted octanol–water partition coefficient (Wildman–Crippen LogP) is 12.4. The van der Waals surface area contributed by atoms with Crippen molar-refractivity contribution in [3.8, 4) is 62.9 Å². The molecule has 0 saturated heterocycles. The molecule has 0 atom stereocenters. The van der Waals surface area contributed by atoms with Crippen LogP contribution in [-0.2, 0) is 0 Å². The molecule has 0 saturated carbocycles. The van der Waals surface area contributed by atoms with Crippen LogP contribution >= 0.6 is 11.3 Å². The maximum Gasteiger partial charge on any atom is 0.160 e. The zero-order valence-corrected chi connectivity index (χ0v) is 29.5. The number of aromatic nitrogens is 3. The van der Waals surface area contributed by atoms with Crippen LogP contribution in [0.5, 0.6) is 0 Å². The van der Waals surface area contributed by atoms with Crippen molar-refractivity contribution in [1.82, 2.24) is 14.5 Å². The summed E-state index contributed by atoms with van der Waals surface area (Å²) in [6.07, 6.45) is 0. The lowest BCUT2D eigenvalue weighted by Gasteiger charge is -2.11. The Bertz CT molecular complexity index is 3090. The first-order chi connectivity index (χ1) is 26.7. The van der Waals surface area contributed by atoms with Crippen LogP contribution in [0.15, 0.2) is 164 Å². The van der Waals surface area contributed by atoms with Gasteiger partial charge in [-0.25, -0.2) is 9.97 Å². The average Bonchev–Trinajstić information content (AvgIpc) is 3.78. The highest BCUT2D eigenvalue weighted by molar-refractivity contribution is 7.25. The number of nitriles is 2. The second kappa shape index (κ2) is 12.7. The van der Waals surface area contributed by atoms with Crippen molar-refractivity contribution in [3.63, 3.8) is 0 Å². The number of benzene rings is 7. The van der Waals surface area contributed by atoms with Crippen molar-refractivity contribution in [3.05, 3.63) is 175 Å². The number of hydrogen-bond donors (Lipinski definition) is 0. The van der Waals surface area contributed by atoms with Crippen LogP contribution in [0.25, 0.3) is 92.7 Å². The van der Waals surface area contributed by atoms with E-state index >= 15 is 0 Å². The van der Waals surface area contributed by atoms with Crippen LogP contribution in [0.2, 0.25) is 0 Å². The Kier molecular flexibility index (Phi) is 7.37. The van der Waals surface area contributed by atoms with Gasteiger partial charge in [-0.05, 0) is 78.4 Å². The van der Waals surface area contributed by atoms with Gasteiger partial charge in [0.05, 0.1) is 45.7 Å². The zero-order valence-electron chi connectivity index (χ0n) is 28.7. The summed E-state index contributed by atoms with van der Waals surface area (Å²) in [5, 5.41) is 24.3. The van der Waals surface area contributed by atoms with E-state index in [1.165, 1.54) is 4.70 Å². The molecule has 10 aromatic rings. The summed E-state index contributed by atoms with van der Waals surface area (Å²) >= 11 is 1.74. The van der Waals surface area contributed by atoms with Gasteiger partial charge in [0.15, 0.2) is 5.82 Å². The monoisotopic (exact) mass is 705 g/mol. The smallest absolute Gasteiger partial charge is 0.160 e. The van der Waals surface area contributed by atoms with Gasteiger partial charge in [0, 0.05) is 58.9 Å². The Hall–Kier alpha value is -7.38. The van der Waals surface area contributed by atoms with E-state index in [4.69, 9.17) is 9.97 Å². The first-order valence-electron chi connectivity index (χ1n) is 17.6. The number of hydrogen-bond acceptors (Lipinski definition) is 5. The Balaban J connectivity index is 1.15. The van der Waals surface area contributed by atoms with E-state index in [0.29, 0.717) is 22.5 Å². The lowest BCUT2D eigenvalue weighted by molar-refractivity contribution is 1.18. The van der Waals surface area contributed by atoms with Crippen LogP contribution in [0.4, 0.5) is 0 Å². The van der Waals surface area contributed by atoms with Crippen LogP contribution in [0.3, 0.4) is 0 Å². The third kappa shape index (κ3) is 5.13. The van der Waals surface area contributed by atoms with E-state index in [2.05, 4.69) is 120 Å². The van der Waals surface area contributed by atoms with Gasteiger partial charge in [0.2, 0.25) is 0 Å². The van der Waals surface area contributed by atoms with Crippen molar-refractivity contribution >= 4 is 53.3 Å². The maximum absolute atomic E-state index is 9.89. The van der Waals surface area contributed by atoms with Crippen LogP contribution < -0.4 is 0 Å². The topological polar surface area (TPSA) is 78.3 Å². The second-order valence-electron chi connectivity index (χ2n) is 13.2. The van der Waals surface area contributed by atoms with Crippen LogP contribution in [0, 0.1) is 22.7 Å². The molecule has 7 aromatic carbocycles. The highest BCUT2D eigenvalue weighted by Gasteiger charge is 2.18. The van der Waals surface area contributed by atoms with E-state index in [0.717, 1.165) is 76.6 Å². The first kappa shape index (κ1) is 31.4. The SMILES string of the molecule is N#Cc1cccc(C#N)c1-c1ccc2sc3ccc(-n4c5ccccc5c5cc(-c6nc(-c7ccccc7)cc(-c7ccccc7)n6)ccc54)cc3c2c1. The molecule has 0 fully saturated rings. The van der Waals surface area contributed by atoms with E-state index in [1.807, 2.05) is 42.5 Å². The normalized spacial score (nSPS) is 11.3. The summed E-state index contributed by atoms with van der Waals surface area (Å²) in [4.78, 5) is 10.2. The standard InChI is InChI=1S/C48H27N5S/c49-28-34-14-9-15-35(29-50)47(34)32-19-22-45-39(24-32)40-26-36(20-23-46(40)54-45)53-43-17-8-7-16-37(43)38-25-33(18-21-44(38)53)48-51-41(30-10-3-1-4-11-30)27-42(52-48)31-12-5-2-6-13-31/h1-27H. The molecule has 0 unspecified atom stereocenters. The molecule has 0 bridgehead atoms. The molecule has 5 nitrogen and oxygen atoms in total. The summed E-state index contributed by atoms with van der Waals surface area (Å²) in [6, 6.07) is 60.4. The van der Waals surface area contributed by atoms with Gasteiger partial charge in [-0.2, -0.15) is 10.5 Å². The summed E-state index contributed by atoms with van der Waals surface area (Å²) in [5.74, 6) is 0.674. The molecule has 0 aliphatic heterocycles. The van der Waals surface area contributed by atoms with Crippen LogP contribution in [-0.4, -0.2) is 14.5 Å². The van der Waals surface area contributed by atoms with E-state index in [9.17, 15) is 10.5 Å². The largest absolute Gasteiger partial charge is 0.309 e. The highest BCUT2D eigenvalue weighted by atomic mass is 32.1. The van der Waals surface area contributed by atoms with Crippen molar-refractivity contribution in [2.24, 2.45) is 0 Å². The van der Waals surface area contributed by atoms with Crippen molar-refractivity contribution < 1.29 is 0 Å². The van der Waals surface area contributed by atoms with E-state index < -0.39 is 0 Å². The Morgan fingerprint density at radius 2 is 1.02 bits per heavy atom. The van der Waals surface area contributed by atoms with Gasteiger partial charge >= 0.3 is 0 Å². The number of nitrogens with zero attached hydrogens (tertiary/aromatic N) is 5. The Morgan fingerprint density at radius 1 is 0.444 bits per heavy atom. The molecule has 250 valence electrons. The second-order valence-corrected chi connectivity index (χ2v) is 14.3. The van der Waals surface area contributed by atoms with Gasteiger partial charge in [-0.15, -0.1) is 11.3 Å². The molecule has 0 aliphatic carbocycles. The minimum Gasteiger partial charge on any atom is -0.309 e. The molecule has 0 amide bonds. The molecular weight excluding hydrogens is 679 g/mol. The summed E-state index contributed by atoms with van der Waals surface area (Å²) in [5.41, 5.74) is 10.5. The van der Waals surface area contributed by atoms with Crippen LogP contribution in [0.1, 0.15) is 11.1 Å². The molecule has 0 radical (unpaired) electrons. The first-order valence-corrected chi connectivity index (χ1v) is 18.4. The minimum absolute atomic E-state index is 0.492. The predicted molar refractivity (Wildman–Crippen MR) is 220 cm³/mol. The van der Waals surface area contributed by atoms with Gasteiger partial charge < -0.3 is 4.57 Å². The lowest BCUT2D eigenvalue weighted by Crippen LogP contribution is -1.96. The van der Waals surface area contributed by atoms with Gasteiger partial charge in [0.1, 0.15) is 0 Å². The molecule has 0 aliphatic rings. The highest BCUT2D eigenvalue weighted by Crippen LogP contribution is 2.41. The quantitative estimate of drug-likeness (QED) is 0.179. The molecule has 0 N–H and O–H groups in total. The molecular formula is C48H27N5S. The van der Waals surface area contributed by atoms with E-state index in [1.54, 1.807) is 29.5 Å². The summed E-state index contributed by atoms with van der Waals surface area (Å²) in [6.45, 7) is 0. The third-order valence-corrected chi connectivity index (χ3v) is 11.3. The molecule has 10 rings (SSSR count). The Labute approximate surface area is 314 Å². The number of rotatable bonds is 5. The average molecular weight is 706 g/mol. The fourth-order valence-electron chi connectivity index (χ4n) is 7.59. The van der Waals surface area contributed by atoms with Gasteiger partial charge in [-0.1, -0.05) is 91.0 Å². The fourth-order valence-corrected chi connectivity index (χ4v) is 8.66. The third-order valence-electron chi connectivity index (χ3n) is 10.1. The molecule has 3 aromatic heterocycles. The number of para-hydroxylation sites is 1. The Morgan fingerprint density at radius 3 is 1.70 bits per heavy atom. The number of thiophene rings is 1. The van der Waals surface area contributed by atoms with Crippen molar-refractivity contribution in [2.45, 2.75) is 0 Å². The zero-order chi connectivity index (χ0) is 36.2. The minimum atomic E-state index is 0.492. The fraction of sp³-hybridized carbons (Fsp3) is 0. The van der Waals surface area contributed by atoms with Crippen molar-refractivity contribution in [1.29, 1.82) is 10.5 Å². The van der Waals surface area contributed by atoms with Crippen molar-refractivity contribution in [2.75, 3.05) is 0 Å². The van der Waals surface area contributed by atoms with E-state index in [-0.39, 0.29) is 0 Å². The summed E-state index contributed by atoms with van der Waals surface area (Å²) < 4.78 is 4.66. The number of fused-ring (bicyclic) bond motifs is 6. The van der Waals surface area contributed by atoms with Gasteiger partial charge in [0.25, 0.3) is 0 Å².